The van der Waals surface area contributed by atoms with Crippen molar-refractivity contribution in [3.63, 3.8) is 0 Å². The second kappa shape index (κ2) is 7.47. The highest BCUT2D eigenvalue weighted by molar-refractivity contribution is 6.33. The molecule has 3 rings (SSSR count). The number of halogens is 1. The molecule has 0 aliphatic rings. The van der Waals surface area contributed by atoms with Crippen molar-refractivity contribution in [2.24, 2.45) is 0 Å². The number of aromatic nitrogens is 2. The van der Waals surface area contributed by atoms with Gasteiger partial charge in [0, 0.05) is 5.56 Å². The number of hydrogen-bond acceptors (Lipinski definition) is 5. The molecule has 1 aromatic heterocycles. The lowest BCUT2D eigenvalue weighted by atomic mass is 10.1. The Hall–Kier alpha value is -2.37. The zero-order valence-corrected chi connectivity index (χ0v) is 14.0. The number of aliphatic hydroxyl groups excluding tert-OH is 1. The molecule has 5 nitrogen and oxygen atoms in total. The summed E-state index contributed by atoms with van der Waals surface area (Å²) in [5.74, 6) is 1.03. The van der Waals surface area contributed by atoms with E-state index in [0.29, 0.717) is 23.3 Å². The maximum Gasteiger partial charge on any atom is 0.246 e. The monoisotopic (exact) mass is 343 g/mol. The molecule has 0 aliphatic heterocycles. The van der Waals surface area contributed by atoms with Crippen LogP contribution in [0.4, 0.5) is 5.69 Å². The Morgan fingerprint density at radius 2 is 1.88 bits per heavy atom. The topological polar surface area (TPSA) is 71.2 Å². The Balaban J connectivity index is 1.70. The third kappa shape index (κ3) is 3.75. The molecule has 0 saturated carbocycles. The van der Waals surface area contributed by atoms with Crippen molar-refractivity contribution in [3.05, 3.63) is 64.5 Å². The van der Waals surface area contributed by atoms with Gasteiger partial charge in [0.2, 0.25) is 11.7 Å². The summed E-state index contributed by atoms with van der Waals surface area (Å²) in [6, 6.07) is 13.4. The summed E-state index contributed by atoms with van der Waals surface area (Å²) in [4.78, 5) is 4.39. The van der Waals surface area contributed by atoms with Gasteiger partial charge in [-0.25, -0.2) is 0 Å². The highest BCUT2D eigenvalue weighted by atomic mass is 35.5. The predicted octanol–water partition coefficient (Wildman–Crippen LogP) is 4.06. The lowest BCUT2D eigenvalue weighted by Gasteiger charge is -2.07. The van der Waals surface area contributed by atoms with Crippen LogP contribution in [-0.4, -0.2) is 15.2 Å². The molecule has 1 heterocycles. The minimum atomic E-state index is -0.0374. The predicted molar refractivity (Wildman–Crippen MR) is 93.8 cm³/mol. The van der Waals surface area contributed by atoms with Crippen molar-refractivity contribution >= 4 is 17.3 Å². The second-order valence-electron chi connectivity index (χ2n) is 5.39. The van der Waals surface area contributed by atoms with Gasteiger partial charge < -0.3 is 14.9 Å². The van der Waals surface area contributed by atoms with Crippen molar-refractivity contribution < 1.29 is 9.63 Å². The number of rotatable bonds is 6. The molecule has 0 aliphatic carbocycles. The van der Waals surface area contributed by atoms with Crippen molar-refractivity contribution in [1.29, 1.82) is 0 Å². The Kier molecular flexibility index (Phi) is 5.13. The van der Waals surface area contributed by atoms with Gasteiger partial charge >= 0.3 is 0 Å². The van der Waals surface area contributed by atoms with E-state index in [-0.39, 0.29) is 6.61 Å². The first-order chi connectivity index (χ1) is 11.7. The van der Waals surface area contributed by atoms with E-state index in [9.17, 15) is 5.11 Å². The van der Waals surface area contributed by atoms with Crippen LogP contribution in [0.5, 0.6) is 0 Å². The van der Waals surface area contributed by atoms with Crippen LogP contribution in [0.25, 0.3) is 11.4 Å². The Bertz CT molecular complexity index is 815. The molecule has 0 amide bonds. The first kappa shape index (κ1) is 16.5. The summed E-state index contributed by atoms with van der Waals surface area (Å²) < 4.78 is 5.28. The highest BCUT2D eigenvalue weighted by Crippen LogP contribution is 2.24. The Morgan fingerprint density at radius 3 is 2.58 bits per heavy atom. The standard InChI is InChI=1S/C18H18ClN3O2/c1-2-12-3-6-14(7-4-12)18-21-17(24-22-18)10-20-16-9-13(11-23)5-8-15(16)19/h3-9,20,23H,2,10-11H2,1H3. The molecule has 0 radical (unpaired) electrons. The normalized spacial score (nSPS) is 10.8. The number of aryl methyl sites for hydroxylation is 1. The maximum atomic E-state index is 9.19. The number of nitrogens with one attached hydrogen (secondary N) is 1. The molecule has 2 N–H and O–H groups in total. The second-order valence-corrected chi connectivity index (χ2v) is 5.80. The molecule has 0 fully saturated rings. The summed E-state index contributed by atoms with van der Waals surface area (Å²) in [7, 11) is 0. The Labute approximate surface area is 145 Å². The molecule has 124 valence electrons. The lowest BCUT2D eigenvalue weighted by Crippen LogP contribution is -2.01. The van der Waals surface area contributed by atoms with Gasteiger partial charge in [0.1, 0.15) is 0 Å². The number of nitrogens with zero attached hydrogens (tertiary/aromatic N) is 2. The highest BCUT2D eigenvalue weighted by Gasteiger charge is 2.09. The molecule has 3 aromatic rings. The fraction of sp³-hybridized carbons (Fsp3) is 0.222. The van der Waals surface area contributed by atoms with Crippen molar-refractivity contribution in [1.82, 2.24) is 10.1 Å². The third-order valence-electron chi connectivity index (χ3n) is 3.73. The smallest absolute Gasteiger partial charge is 0.246 e. The van der Waals surface area contributed by atoms with Crippen LogP contribution < -0.4 is 5.32 Å². The van der Waals surface area contributed by atoms with E-state index in [4.69, 9.17) is 16.1 Å². The van der Waals surface area contributed by atoms with Gasteiger partial charge in [-0.1, -0.05) is 54.0 Å². The van der Waals surface area contributed by atoms with Gasteiger partial charge in [0.25, 0.3) is 0 Å². The van der Waals surface area contributed by atoms with E-state index in [2.05, 4.69) is 34.5 Å². The number of hydrogen-bond donors (Lipinski definition) is 2. The van der Waals surface area contributed by atoms with Crippen molar-refractivity contribution in [2.45, 2.75) is 26.5 Å². The third-order valence-corrected chi connectivity index (χ3v) is 4.06. The molecule has 2 aromatic carbocycles. The fourth-order valence-corrected chi connectivity index (χ4v) is 2.49. The number of anilines is 1. The van der Waals surface area contributed by atoms with Gasteiger partial charge in [0.05, 0.1) is 23.9 Å². The first-order valence-corrected chi connectivity index (χ1v) is 8.12. The van der Waals surface area contributed by atoms with Crippen LogP contribution in [-0.2, 0) is 19.6 Å². The van der Waals surface area contributed by atoms with Crippen LogP contribution in [0, 0.1) is 0 Å². The van der Waals surface area contributed by atoms with Gasteiger partial charge in [0.15, 0.2) is 0 Å². The summed E-state index contributed by atoms with van der Waals surface area (Å²) >= 11 is 6.14. The largest absolute Gasteiger partial charge is 0.392 e. The summed E-state index contributed by atoms with van der Waals surface area (Å²) in [6.07, 6.45) is 0.995. The summed E-state index contributed by atoms with van der Waals surface area (Å²) in [6.45, 7) is 2.43. The van der Waals surface area contributed by atoms with Gasteiger partial charge in [-0.05, 0) is 29.7 Å². The van der Waals surface area contributed by atoms with Gasteiger partial charge in [-0.2, -0.15) is 4.98 Å². The summed E-state index contributed by atoms with van der Waals surface area (Å²) in [5.41, 5.74) is 3.68. The number of benzene rings is 2. The van der Waals surface area contributed by atoms with E-state index < -0.39 is 0 Å². The zero-order chi connectivity index (χ0) is 16.9. The van der Waals surface area contributed by atoms with Crippen LogP contribution in [0.1, 0.15) is 23.9 Å². The lowest BCUT2D eigenvalue weighted by molar-refractivity contribution is 0.282. The number of aliphatic hydroxyl groups is 1. The SMILES string of the molecule is CCc1ccc(-c2noc(CNc3cc(CO)ccc3Cl)n2)cc1. The van der Waals surface area contributed by atoms with Crippen LogP contribution in [0.15, 0.2) is 47.0 Å². The van der Waals surface area contributed by atoms with E-state index in [1.165, 1.54) is 5.56 Å². The van der Waals surface area contributed by atoms with Gasteiger partial charge in [-0.15, -0.1) is 0 Å². The molecule has 0 spiro atoms. The summed E-state index contributed by atoms with van der Waals surface area (Å²) in [5, 5.41) is 16.9. The van der Waals surface area contributed by atoms with Crippen LogP contribution in [0.3, 0.4) is 0 Å². The molecule has 0 atom stereocenters. The fourth-order valence-electron chi connectivity index (χ4n) is 2.31. The van der Waals surface area contributed by atoms with Crippen molar-refractivity contribution in [2.75, 3.05) is 5.32 Å². The molecule has 6 heteroatoms. The molecule has 0 bridgehead atoms. The van der Waals surface area contributed by atoms with Crippen molar-refractivity contribution in [3.8, 4) is 11.4 Å². The average Bonchev–Trinajstić information content (AvgIpc) is 3.10. The minimum absolute atomic E-state index is 0.0374. The average molecular weight is 344 g/mol. The van der Waals surface area contributed by atoms with E-state index in [1.54, 1.807) is 18.2 Å². The zero-order valence-electron chi connectivity index (χ0n) is 13.3. The van der Waals surface area contributed by atoms with E-state index in [0.717, 1.165) is 23.2 Å². The van der Waals surface area contributed by atoms with Gasteiger partial charge in [-0.3, -0.25) is 0 Å². The van der Waals surface area contributed by atoms with Crippen LogP contribution >= 0.6 is 11.6 Å². The quantitative estimate of drug-likeness (QED) is 0.706. The Morgan fingerprint density at radius 1 is 1.12 bits per heavy atom. The molecule has 24 heavy (non-hydrogen) atoms. The minimum Gasteiger partial charge on any atom is -0.392 e. The van der Waals surface area contributed by atoms with Crippen LogP contribution in [0.2, 0.25) is 5.02 Å². The first-order valence-electron chi connectivity index (χ1n) is 7.74. The van der Waals surface area contributed by atoms with E-state index >= 15 is 0 Å². The van der Waals surface area contributed by atoms with E-state index in [1.807, 2.05) is 12.1 Å². The molecular weight excluding hydrogens is 326 g/mol. The molecular formula is C18H18ClN3O2. The maximum absolute atomic E-state index is 9.19. The molecule has 0 saturated heterocycles. The molecule has 0 unspecified atom stereocenters.